The molecule has 1 amide bonds. The van der Waals surface area contributed by atoms with Crippen LogP contribution in [0.2, 0.25) is 0 Å². The van der Waals surface area contributed by atoms with Gasteiger partial charge in [0.1, 0.15) is 0 Å². The quantitative estimate of drug-likeness (QED) is 0.724. The number of benzene rings is 2. The van der Waals surface area contributed by atoms with Crippen molar-refractivity contribution in [1.82, 2.24) is 9.80 Å². The maximum absolute atomic E-state index is 12.6. The molecule has 2 fully saturated rings. The van der Waals surface area contributed by atoms with Crippen LogP contribution in [0.3, 0.4) is 0 Å². The van der Waals surface area contributed by atoms with Crippen molar-refractivity contribution in [3.63, 3.8) is 0 Å². The zero-order valence-electron chi connectivity index (χ0n) is 18.3. The van der Waals surface area contributed by atoms with E-state index in [1.54, 1.807) is 0 Å². The van der Waals surface area contributed by atoms with Crippen molar-refractivity contribution < 1.29 is 4.79 Å². The van der Waals surface area contributed by atoms with Gasteiger partial charge in [0.2, 0.25) is 0 Å². The lowest BCUT2D eigenvalue weighted by molar-refractivity contribution is -0.112. The van der Waals surface area contributed by atoms with Gasteiger partial charge in [0.25, 0.3) is 5.91 Å². The number of rotatable bonds is 6. The first-order valence-corrected chi connectivity index (χ1v) is 11.8. The van der Waals surface area contributed by atoms with Crippen LogP contribution in [0.15, 0.2) is 53.5 Å². The van der Waals surface area contributed by atoms with Gasteiger partial charge in [0.05, 0.1) is 5.36 Å². The Kier molecular flexibility index (Phi) is 6.14. The standard InChI is InChI=1S/C26H32N4O/c31-26-23(24-19-22(9-10-25(24)27-26)30-12-5-2-6-13-30)11-14-28-15-17-29(18-16-28)20-21-7-3-1-4-8-21/h1,3-4,7-10,19H,2,5-6,11-18,20H2. The van der Waals surface area contributed by atoms with Gasteiger partial charge in [-0.3, -0.25) is 9.69 Å². The highest BCUT2D eigenvalue weighted by molar-refractivity contribution is 6.15. The second-order valence-electron chi connectivity index (χ2n) is 9.00. The van der Waals surface area contributed by atoms with Crippen LogP contribution in [0, 0.1) is 0 Å². The number of amides is 1. The molecule has 5 nitrogen and oxygen atoms in total. The summed E-state index contributed by atoms with van der Waals surface area (Å²) in [6.45, 7) is 8.48. The lowest BCUT2D eigenvalue weighted by Gasteiger charge is -2.34. The van der Waals surface area contributed by atoms with Gasteiger partial charge in [-0.2, -0.15) is 0 Å². The number of anilines is 1. The molecular formula is C26H32N4O. The molecule has 3 heterocycles. The number of carbonyl (C=O) groups is 1. The minimum Gasteiger partial charge on any atom is -0.372 e. The van der Waals surface area contributed by atoms with Gasteiger partial charge >= 0.3 is 0 Å². The van der Waals surface area contributed by atoms with Crippen LogP contribution in [0.1, 0.15) is 31.2 Å². The van der Waals surface area contributed by atoms with Crippen molar-refractivity contribution in [2.24, 2.45) is 4.99 Å². The average Bonchev–Trinajstić information content (AvgIpc) is 3.14. The van der Waals surface area contributed by atoms with Crippen molar-refractivity contribution in [1.29, 1.82) is 0 Å². The van der Waals surface area contributed by atoms with Gasteiger partial charge in [0, 0.05) is 68.8 Å². The predicted octanol–water partition coefficient (Wildman–Crippen LogP) is 2.20. The van der Waals surface area contributed by atoms with E-state index in [1.807, 2.05) is 6.07 Å². The largest absolute Gasteiger partial charge is 0.372 e. The molecule has 0 radical (unpaired) electrons. The van der Waals surface area contributed by atoms with Crippen LogP contribution in [0.25, 0.3) is 5.57 Å². The lowest BCUT2D eigenvalue weighted by atomic mass is 10.1. The van der Waals surface area contributed by atoms with Crippen LogP contribution < -0.4 is 15.5 Å². The second-order valence-corrected chi connectivity index (χ2v) is 9.00. The Morgan fingerprint density at radius 2 is 1.55 bits per heavy atom. The normalized spacial score (nSPS) is 20.1. The van der Waals surface area contributed by atoms with E-state index in [4.69, 9.17) is 0 Å². The van der Waals surface area contributed by atoms with Gasteiger partial charge in [0.15, 0.2) is 0 Å². The molecule has 0 atom stereocenters. The SMILES string of the molecule is O=C1N=c2ccc(N3CCCCC3)cc2=C1CCN1CCN(Cc2ccccc2)CC1. The summed E-state index contributed by atoms with van der Waals surface area (Å²) in [5.74, 6) is -0.0338. The molecule has 5 heteroatoms. The maximum atomic E-state index is 12.6. The molecule has 0 aliphatic carbocycles. The third kappa shape index (κ3) is 4.73. The summed E-state index contributed by atoms with van der Waals surface area (Å²) in [7, 11) is 0. The number of nitrogens with zero attached hydrogens (tertiary/aromatic N) is 4. The van der Waals surface area contributed by atoms with Crippen LogP contribution in [-0.4, -0.2) is 61.5 Å². The number of hydrogen-bond donors (Lipinski definition) is 0. The van der Waals surface area contributed by atoms with E-state index < -0.39 is 0 Å². The number of fused-ring (bicyclic) bond motifs is 1. The molecule has 0 saturated carbocycles. The Morgan fingerprint density at radius 1 is 0.806 bits per heavy atom. The zero-order chi connectivity index (χ0) is 21.0. The Labute approximate surface area is 184 Å². The molecule has 3 aliphatic rings. The second kappa shape index (κ2) is 9.33. The minimum absolute atomic E-state index is 0.0338. The summed E-state index contributed by atoms with van der Waals surface area (Å²) in [5, 5.41) is 1.92. The summed E-state index contributed by atoms with van der Waals surface area (Å²) in [5.41, 5.74) is 3.53. The lowest BCUT2D eigenvalue weighted by Crippen LogP contribution is -2.46. The van der Waals surface area contributed by atoms with Gasteiger partial charge in [-0.05, 0) is 49.4 Å². The molecule has 5 rings (SSSR count). The molecule has 0 N–H and O–H groups in total. The van der Waals surface area contributed by atoms with E-state index in [9.17, 15) is 4.79 Å². The van der Waals surface area contributed by atoms with E-state index in [1.165, 1.54) is 30.5 Å². The Hall–Kier alpha value is -2.50. The van der Waals surface area contributed by atoms with Crippen molar-refractivity contribution >= 4 is 17.2 Å². The van der Waals surface area contributed by atoms with Crippen LogP contribution in [-0.2, 0) is 11.3 Å². The number of hydrogen-bond acceptors (Lipinski definition) is 4. The highest BCUT2D eigenvalue weighted by atomic mass is 16.1. The molecule has 2 aromatic rings. The average molecular weight is 417 g/mol. The van der Waals surface area contributed by atoms with Crippen molar-refractivity contribution in [3.05, 3.63) is 64.7 Å². The fraction of sp³-hybridized carbons (Fsp3) is 0.462. The fourth-order valence-corrected chi connectivity index (χ4v) is 5.03. The monoisotopic (exact) mass is 416 g/mol. The van der Waals surface area contributed by atoms with Gasteiger partial charge in [-0.1, -0.05) is 30.3 Å². The highest BCUT2D eigenvalue weighted by Gasteiger charge is 2.21. The number of carbonyl (C=O) groups excluding carboxylic acids is 1. The molecule has 0 aromatic heterocycles. The predicted molar refractivity (Wildman–Crippen MR) is 124 cm³/mol. The highest BCUT2D eigenvalue weighted by Crippen LogP contribution is 2.19. The van der Waals surface area contributed by atoms with Gasteiger partial charge in [-0.15, -0.1) is 0 Å². The third-order valence-electron chi connectivity index (χ3n) is 6.90. The summed E-state index contributed by atoms with van der Waals surface area (Å²) < 4.78 is 0. The van der Waals surface area contributed by atoms with E-state index in [0.29, 0.717) is 0 Å². The molecule has 3 aliphatic heterocycles. The Morgan fingerprint density at radius 3 is 2.32 bits per heavy atom. The zero-order valence-corrected chi connectivity index (χ0v) is 18.3. The first-order chi connectivity index (χ1) is 15.3. The minimum atomic E-state index is -0.0338. The molecule has 2 aromatic carbocycles. The number of piperidine rings is 1. The van der Waals surface area contributed by atoms with E-state index in [0.717, 1.165) is 74.9 Å². The Balaban J connectivity index is 1.21. The fourth-order valence-electron chi connectivity index (χ4n) is 5.03. The topological polar surface area (TPSA) is 39.2 Å². The smallest absolute Gasteiger partial charge is 0.274 e. The molecule has 0 bridgehead atoms. The van der Waals surface area contributed by atoms with E-state index in [-0.39, 0.29) is 5.91 Å². The Bertz CT molecular complexity index is 1030. The maximum Gasteiger partial charge on any atom is 0.274 e. The summed E-state index contributed by atoms with van der Waals surface area (Å²) in [6, 6.07) is 17.1. The summed E-state index contributed by atoms with van der Waals surface area (Å²) in [6.07, 6.45) is 4.63. The summed E-state index contributed by atoms with van der Waals surface area (Å²) in [4.78, 5) is 24.4. The van der Waals surface area contributed by atoms with E-state index in [2.05, 4.69) is 62.2 Å². The van der Waals surface area contributed by atoms with Crippen LogP contribution in [0.4, 0.5) is 5.69 Å². The van der Waals surface area contributed by atoms with E-state index >= 15 is 0 Å². The van der Waals surface area contributed by atoms with Gasteiger partial charge < -0.3 is 9.80 Å². The first kappa shape index (κ1) is 20.4. The van der Waals surface area contributed by atoms with Crippen molar-refractivity contribution in [3.8, 4) is 0 Å². The van der Waals surface area contributed by atoms with Crippen LogP contribution in [0.5, 0.6) is 0 Å². The summed E-state index contributed by atoms with van der Waals surface area (Å²) >= 11 is 0. The molecule has 162 valence electrons. The molecular weight excluding hydrogens is 384 g/mol. The third-order valence-corrected chi connectivity index (χ3v) is 6.90. The van der Waals surface area contributed by atoms with Crippen LogP contribution >= 0.6 is 0 Å². The molecule has 0 spiro atoms. The molecule has 2 saturated heterocycles. The first-order valence-electron chi connectivity index (χ1n) is 11.8. The van der Waals surface area contributed by atoms with Crippen molar-refractivity contribution in [2.75, 3.05) is 50.7 Å². The molecule has 0 unspecified atom stereocenters. The van der Waals surface area contributed by atoms with Crippen molar-refractivity contribution in [2.45, 2.75) is 32.2 Å². The van der Waals surface area contributed by atoms with Gasteiger partial charge in [-0.25, -0.2) is 4.99 Å². The number of piperazine rings is 1. The molecule has 31 heavy (non-hydrogen) atoms.